The Morgan fingerprint density at radius 3 is 2.35 bits per heavy atom. The number of hydrogen-bond acceptors (Lipinski definition) is 3. The van der Waals surface area contributed by atoms with Crippen LogP contribution in [0, 0.1) is 11.8 Å². The van der Waals surface area contributed by atoms with E-state index in [9.17, 15) is 0 Å². The van der Waals surface area contributed by atoms with E-state index < -0.39 is 0 Å². The standard InChI is InChI=1S/C14H29NO2/c1-5-16-14(17-6-2)10-15-13-9-11(3)7-8-12(13)4/h11-15H,5-10H2,1-4H3. The predicted molar refractivity (Wildman–Crippen MR) is 71.0 cm³/mol. The molecule has 0 saturated heterocycles. The molecule has 1 fully saturated rings. The van der Waals surface area contributed by atoms with E-state index in [0.29, 0.717) is 19.3 Å². The maximum atomic E-state index is 5.55. The molecule has 1 aliphatic carbocycles. The molecule has 0 aromatic rings. The molecule has 1 rings (SSSR count). The van der Waals surface area contributed by atoms with Crippen molar-refractivity contribution in [3.8, 4) is 0 Å². The third-order valence-corrected chi connectivity index (χ3v) is 3.71. The minimum absolute atomic E-state index is 0.0885. The summed E-state index contributed by atoms with van der Waals surface area (Å²) in [5.41, 5.74) is 0. The zero-order chi connectivity index (χ0) is 12.7. The van der Waals surface area contributed by atoms with Crippen LogP contribution in [0.2, 0.25) is 0 Å². The lowest BCUT2D eigenvalue weighted by molar-refractivity contribution is -0.134. The van der Waals surface area contributed by atoms with Gasteiger partial charge in [-0.3, -0.25) is 0 Å². The molecule has 0 aromatic carbocycles. The molecule has 0 heterocycles. The Hall–Kier alpha value is -0.120. The van der Waals surface area contributed by atoms with Crippen molar-refractivity contribution in [3.63, 3.8) is 0 Å². The highest BCUT2D eigenvalue weighted by Crippen LogP contribution is 2.28. The van der Waals surface area contributed by atoms with Crippen molar-refractivity contribution in [2.45, 2.75) is 59.3 Å². The van der Waals surface area contributed by atoms with Crippen molar-refractivity contribution < 1.29 is 9.47 Å². The van der Waals surface area contributed by atoms with Gasteiger partial charge in [0.1, 0.15) is 0 Å². The van der Waals surface area contributed by atoms with Crippen molar-refractivity contribution in [2.24, 2.45) is 11.8 Å². The van der Waals surface area contributed by atoms with Crippen LogP contribution in [-0.4, -0.2) is 32.1 Å². The minimum Gasteiger partial charge on any atom is -0.352 e. The first kappa shape index (κ1) is 14.9. The molecule has 3 atom stereocenters. The Morgan fingerprint density at radius 2 is 1.76 bits per heavy atom. The smallest absolute Gasteiger partial charge is 0.169 e. The fourth-order valence-corrected chi connectivity index (χ4v) is 2.60. The highest BCUT2D eigenvalue weighted by molar-refractivity contribution is 4.81. The van der Waals surface area contributed by atoms with Gasteiger partial charge in [-0.1, -0.05) is 20.3 Å². The molecule has 3 heteroatoms. The fourth-order valence-electron chi connectivity index (χ4n) is 2.60. The van der Waals surface area contributed by atoms with Gasteiger partial charge in [0, 0.05) is 25.8 Å². The second-order valence-electron chi connectivity index (χ2n) is 5.25. The van der Waals surface area contributed by atoms with E-state index in [1.54, 1.807) is 0 Å². The van der Waals surface area contributed by atoms with Gasteiger partial charge in [-0.25, -0.2) is 0 Å². The zero-order valence-corrected chi connectivity index (χ0v) is 11.9. The van der Waals surface area contributed by atoms with Gasteiger partial charge < -0.3 is 14.8 Å². The van der Waals surface area contributed by atoms with Gasteiger partial charge in [-0.05, 0) is 38.5 Å². The summed E-state index contributed by atoms with van der Waals surface area (Å²) >= 11 is 0. The summed E-state index contributed by atoms with van der Waals surface area (Å²) in [5.74, 6) is 1.62. The normalized spacial score (nSPS) is 29.8. The van der Waals surface area contributed by atoms with Crippen molar-refractivity contribution in [1.29, 1.82) is 0 Å². The Bertz CT molecular complexity index is 193. The highest BCUT2D eigenvalue weighted by atomic mass is 16.7. The van der Waals surface area contributed by atoms with E-state index in [1.807, 2.05) is 13.8 Å². The van der Waals surface area contributed by atoms with Crippen LogP contribution >= 0.6 is 0 Å². The van der Waals surface area contributed by atoms with Crippen molar-refractivity contribution in [1.82, 2.24) is 5.32 Å². The average molecular weight is 243 g/mol. The van der Waals surface area contributed by atoms with Crippen LogP contribution in [0.1, 0.15) is 47.0 Å². The molecule has 0 spiro atoms. The average Bonchev–Trinajstić information content (AvgIpc) is 2.30. The lowest BCUT2D eigenvalue weighted by Crippen LogP contribution is -2.44. The van der Waals surface area contributed by atoms with Crippen molar-refractivity contribution >= 4 is 0 Å². The molecule has 0 aliphatic heterocycles. The van der Waals surface area contributed by atoms with Crippen molar-refractivity contribution in [3.05, 3.63) is 0 Å². The number of nitrogens with one attached hydrogen (secondary N) is 1. The van der Waals surface area contributed by atoms with Gasteiger partial charge in [0.15, 0.2) is 6.29 Å². The summed E-state index contributed by atoms with van der Waals surface area (Å²) in [6.07, 6.45) is 3.91. The molecule has 0 radical (unpaired) electrons. The largest absolute Gasteiger partial charge is 0.352 e. The van der Waals surface area contributed by atoms with Crippen LogP contribution in [0.4, 0.5) is 0 Å². The summed E-state index contributed by atoms with van der Waals surface area (Å²) in [7, 11) is 0. The molecule has 1 saturated carbocycles. The van der Waals surface area contributed by atoms with Crippen LogP contribution in [-0.2, 0) is 9.47 Å². The third kappa shape index (κ3) is 5.36. The molecule has 0 aromatic heterocycles. The van der Waals surface area contributed by atoms with Gasteiger partial charge in [0.25, 0.3) is 0 Å². The maximum Gasteiger partial charge on any atom is 0.169 e. The van der Waals surface area contributed by atoms with E-state index in [1.165, 1.54) is 19.3 Å². The first-order valence-corrected chi connectivity index (χ1v) is 7.13. The first-order valence-electron chi connectivity index (χ1n) is 7.13. The van der Waals surface area contributed by atoms with Gasteiger partial charge in [-0.15, -0.1) is 0 Å². The minimum atomic E-state index is -0.0885. The molecule has 17 heavy (non-hydrogen) atoms. The molecule has 1 aliphatic rings. The summed E-state index contributed by atoms with van der Waals surface area (Å²) in [6.45, 7) is 11.0. The number of ether oxygens (including phenoxy) is 2. The van der Waals surface area contributed by atoms with Crippen LogP contribution < -0.4 is 5.32 Å². The van der Waals surface area contributed by atoms with E-state index in [-0.39, 0.29) is 6.29 Å². The lowest BCUT2D eigenvalue weighted by Gasteiger charge is -2.34. The molecule has 3 unspecified atom stereocenters. The quantitative estimate of drug-likeness (QED) is 0.697. The SMILES string of the molecule is CCOC(CNC1CC(C)CCC1C)OCC. The van der Waals surface area contributed by atoms with Crippen LogP contribution in [0.3, 0.4) is 0 Å². The first-order chi connectivity index (χ1) is 8.17. The summed E-state index contributed by atoms with van der Waals surface area (Å²) in [6, 6.07) is 0.627. The van der Waals surface area contributed by atoms with Gasteiger partial charge in [0.2, 0.25) is 0 Å². The molecular weight excluding hydrogens is 214 g/mol. The second-order valence-corrected chi connectivity index (χ2v) is 5.25. The molecule has 102 valence electrons. The van der Waals surface area contributed by atoms with E-state index in [2.05, 4.69) is 19.2 Å². The van der Waals surface area contributed by atoms with E-state index in [0.717, 1.165) is 18.4 Å². The molecule has 0 bridgehead atoms. The fraction of sp³-hybridized carbons (Fsp3) is 1.00. The Balaban J connectivity index is 2.30. The number of rotatable bonds is 7. The molecular formula is C14H29NO2. The van der Waals surface area contributed by atoms with Gasteiger partial charge in [-0.2, -0.15) is 0 Å². The van der Waals surface area contributed by atoms with Crippen LogP contribution in [0.25, 0.3) is 0 Å². The molecule has 0 amide bonds. The zero-order valence-electron chi connectivity index (χ0n) is 11.9. The van der Waals surface area contributed by atoms with Crippen LogP contribution in [0.5, 0.6) is 0 Å². The van der Waals surface area contributed by atoms with Gasteiger partial charge >= 0.3 is 0 Å². The monoisotopic (exact) mass is 243 g/mol. The second kappa shape index (κ2) is 8.06. The summed E-state index contributed by atoms with van der Waals surface area (Å²) in [5, 5.41) is 3.62. The summed E-state index contributed by atoms with van der Waals surface area (Å²) < 4.78 is 11.1. The third-order valence-electron chi connectivity index (χ3n) is 3.71. The summed E-state index contributed by atoms with van der Waals surface area (Å²) in [4.78, 5) is 0. The molecule has 1 N–H and O–H groups in total. The number of hydrogen-bond donors (Lipinski definition) is 1. The topological polar surface area (TPSA) is 30.5 Å². The lowest BCUT2D eigenvalue weighted by atomic mass is 9.80. The van der Waals surface area contributed by atoms with E-state index >= 15 is 0 Å². The van der Waals surface area contributed by atoms with E-state index in [4.69, 9.17) is 9.47 Å². The van der Waals surface area contributed by atoms with Crippen LogP contribution in [0.15, 0.2) is 0 Å². The van der Waals surface area contributed by atoms with Gasteiger partial charge in [0.05, 0.1) is 0 Å². The van der Waals surface area contributed by atoms with Crippen molar-refractivity contribution in [2.75, 3.05) is 19.8 Å². The predicted octanol–water partition coefficient (Wildman–Crippen LogP) is 2.80. The molecule has 3 nitrogen and oxygen atoms in total. The maximum absolute atomic E-state index is 5.55. The highest BCUT2D eigenvalue weighted by Gasteiger charge is 2.25. The Labute approximate surface area is 106 Å². The Kier molecular flexibility index (Phi) is 7.09. The Morgan fingerprint density at radius 1 is 1.12 bits per heavy atom.